The van der Waals surface area contributed by atoms with Crippen LogP contribution < -0.4 is 0 Å². The number of imide groups is 1. The van der Waals surface area contributed by atoms with Gasteiger partial charge in [0.1, 0.15) is 11.5 Å². The first-order chi connectivity index (χ1) is 11.4. The standard InChI is InChI=1S/C16H12N2O5S/c1-10-2-7-13(23-10)8-14-15(19)17(16(20)24-14)9-11-3-5-12(6-4-11)18(21)22/h2-8H,9H2,1H3/b14-8-. The maximum absolute atomic E-state index is 12.4. The van der Waals surface area contributed by atoms with Crippen LogP contribution in [-0.4, -0.2) is 21.0 Å². The number of rotatable bonds is 4. The number of non-ortho nitro benzene ring substituents is 1. The molecule has 1 aromatic heterocycles. The second-order valence-corrected chi connectivity index (χ2v) is 6.13. The van der Waals surface area contributed by atoms with Crippen molar-refractivity contribution in [2.75, 3.05) is 0 Å². The van der Waals surface area contributed by atoms with Gasteiger partial charge in [0.25, 0.3) is 16.8 Å². The molecule has 0 unspecified atom stereocenters. The molecule has 0 saturated carbocycles. The highest BCUT2D eigenvalue weighted by molar-refractivity contribution is 8.18. The Morgan fingerprint density at radius 1 is 1.21 bits per heavy atom. The number of aryl methyl sites for hydroxylation is 1. The third kappa shape index (κ3) is 3.23. The number of carbonyl (C=O) groups excluding carboxylic acids is 2. The fraction of sp³-hybridized carbons (Fsp3) is 0.125. The lowest BCUT2D eigenvalue weighted by Gasteiger charge is -2.12. The number of nitrogens with zero attached hydrogens (tertiary/aromatic N) is 2. The molecule has 0 radical (unpaired) electrons. The fourth-order valence-electron chi connectivity index (χ4n) is 2.20. The van der Waals surface area contributed by atoms with E-state index in [1.165, 1.54) is 30.3 Å². The summed E-state index contributed by atoms with van der Waals surface area (Å²) in [6, 6.07) is 9.24. The Morgan fingerprint density at radius 3 is 2.50 bits per heavy atom. The van der Waals surface area contributed by atoms with Gasteiger partial charge in [0, 0.05) is 18.2 Å². The fourth-order valence-corrected chi connectivity index (χ4v) is 3.02. The Kier molecular flexibility index (Phi) is 4.22. The molecule has 1 saturated heterocycles. The normalized spacial score (nSPS) is 16.2. The van der Waals surface area contributed by atoms with E-state index in [0.29, 0.717) is 17.1 Å². The number of nitro benzene ring substituents is 1. The van der Waals surface area contributed by atoms with Gasteiger partial charge in [-0.15, -0.1) is 0 Å². The molecule has 0 aliphatic carbocycles. The average molecular weight is 344 g/mol. The number of nitro groups is 1. The summed E-state index contributed by atoms with van der Waals surface area (Å²) in [6.45, 7) is 1.86. The topological polar surface area (TPSA) is 93.7 Å². The molecule has 1 aliphatic heterocycles. The number of furan rings is 1. The molecule has 2 amide bonds. The second-order valence-electron chi connectivity index (χ2n) is 5.14. The molecular formula is C16H12N2O5S. The molecule has 24 heavy (non-hydrogen) atoms. The van der Waals surface area contributed by atoms with Crippen molar-refractivity contribution < 1.29 is 18.9 Å². The van der Waals surface area contributed by atoms with Gasteiger partial charge in [-0.1, -0.05) is 12.1 Å². The van der Waals surface area contributed by atoms with Crippen molar-refractivity contribution in [3.8, 4) is 0 Å². The van der Waals surface area contributed by atoms with E-state index >= 15 is 0 Å². The zero-order valence-corrected chi connectivity index (χ0v) is 13.4. The minimum atomic E-state index is -0.502. The third-order valence-electron chi connectivity index (χ3n) is 3.40. The maximum atomic E-state index is 12.4. The number of thioether (sulfide) groups is 1. The zero-order valence-electron chi connectivity index (χ0n) is 12.6. The summed E-state index contributed by atoms with van der Waals surface area (Å²) in [6.07, 6.45) is 1.54. The molecule has 2 aromatic rings. The van der Waals surface area contributed by atoms with Crippen molar-refractivity contribution in [1.29, 1.82) is 0 Å². The molecule has 0 spiro atoms. The van der Waals surface area contributed by atoms with Crippen LogP contribution >= 0.6 is 11.8 Å². The van der Waals surface area contributed by atoms with Crippen molar-refractivity contribution in [3.63, 3.8) is 0 Å². The summed E-state index contributed by atoms with van der Waals surface area (Å²) in [7, 11) is 0. The smallest absolute Gasteiger partial charge is 0.293 e. The summed E-state index contributed by atoms with van der Waals surface area (Å²) in [5.74, 6) is 0.817. The highest BCUT2D eigenvalue weighted by Crippen LogP contribution is 2.33. The van der Waals surface area contributed by atoms with Gasteiger partial charge in [-0.25, -0.2) is 0 Å². The molecule has 1 aromatic carbocycles. The molecule has 3 rings (SSSR count). The molecule has 8 heteroatoms. The lowest BCUT2D eigenvalue weighted by atomic mass is 10.2. The SMILES string of the molecule is Cc1ccc(/C=C2\SC(=O)N(Cc3ccc([N+](=O)[O-])cc3)C2=O)o1. The zero-order chi connectivity index (χ0) is 17.3. The first-order valence-electron chi connectivity index (χ1n) is 6.99. The summed E-state index contributed by atoms with van der Waals surface area (Å²) < 4.78 is 5.38. The molecule has 0 N–H and O–H groups in total. The van der Waals surface area contributed by atoms with Crippen LogP contribution in [-0.2, 0) is 11.3 Å². The minimum Gasteiger partial charge on any atom is -0.462 e. The van der Waals surface area contributed by atoms with E-state index in [4.69, 9.17) is 4.42 Å². The molecule has 1 fully saturated rings. The molecule has 2 heterocycles. The summed E-state index contributed by atoms with van der Waals surface area (Å²) in [4.78, 5) is 36.0. The molecule has 1 aliphatic rings. The van der Waals surface area contributed by atoms with Crippen LogP contribution in [0.3, 0.4) is 0 Å². The van der Waals surface area contributed by atoms with Gasteiger partial charge in [0.2, 0.25) is 0 Å². The van der Waals surface area contributed by atoms with Crippen LogP contribution in [0.2, 0.25) is 0 Å². The quantitative estimate of drug-likeness (QED) is 0.476. The highest BCUT2D eigenvalue weighted by atomic mass is 32.2. The van der Waals surface area contributed by atoms with E-state index < -0.39 is 10.8 Å². The van der Waals surface area contributed by atoms with Crippen molar-refractivity contribution in [1.82, 2.24) is 4.90 Å². The minimum absolute atomic E-state index is 0.0408. The van der Waals surface area contributed by atoms with Gasteiger partial charge in [-0.3, -0.25) is 24.6 Å². The van der Waals surface area contributed by atoms with Crippen LogP contribution in [0.4, 0.5) is 10.5 Å². The van der Waals surface area contributed by atoms with E-state index in [-0.39, 0.29) is 22.4 Å². The predicted molar refractivity (Wildman–Crippen MR) is 88.1 cm³/mol. The van der Waals surface area contributed by atoms with Crippen LogP contribution in [0.25, 0.3) is 6.08 Å². The predicted octanol–water partition coefficient (Wildman–Crippen LogP) is 3.73. The van der Waals surface area contributed by atoms with Crippen LogP contribution in [0.5, 0.6) is 0 Å². The summed E-state index contributed by atoms with van der Waals surface area (Å²) in [5, 5.41) is 10.3. The van der Waals surface area contributed by atoms with Crippen LogP contribution in [0.1, 0.15) is 17.1 Å². The van der Waals surface area contributed by atoms with Gasteiger partial charge < -0.3 is 4.42 Å². The third-order valence-corrected chi connectivity index (χ3v) is 4.30. The Balaban J connectivity index is 1.77. The number of hydrogen-bond acceptors (Lipinski definition) is 6. The summed E-state index contributed by atoms with van der Waals surface area (Å²) in [5.41, 5.74) is 0.596. The number of benzene rings is 1. The van der Waals surface area contributed by atoms with Gasteiger partial charge >= 0.3 is 0 Å². The number of carbonyl (C=O) groups is 2. The van der Waals surface area contributed by atoms with E-state index in [2.05, 4.69) is 0 Å². The monoisotopic (exact) mass is 344 g/mol. The Labute approximate surface area is 141 Å². The largest absolute Gasteiger partial charge is 0.462 e. The van der Waals surface area contributed by atoms with E-state index in [1.807, 2.05) is 0 Å². The first kappa shape index (κ1) is 16.0. The second kappa shape index (κ2) is 6.32. The number of amides is 2. The van der Waals surface area contributed by atoms with Crippen molar-refractivity contribution in [2.24, 2.45) is 0 Å². The van der Waals surface area contributed by atoms with Gasteiger partial charge in [0.05, 0.1) is 16.4 Å². The van der Waals surface area contributed by atoms with Gasteiger partial charge in [0.15, 0.2) is 0 Å². The van der Waals surface area contributed by atoms with Crippen LogP contribution in [0, 0.1) is 17.0 Å². The Hall–Kier alpha value is -2.87. The average Bonchev–Trinajstić information content (AvgIpc) is 3.06. The van der Waals surface area contributed by atoms with Crippen molar-refractivity contribution in [3.05, 3.63) is 68.5 Å². The Bertz CT molecular complexity index is 854. The molecule has 7 nitrogen and oxygen atoms in total. The molecule has 0 bridgehead atoms. The lowest BCUT2D eigenvalue weighted by molar-refractivity contribution is -0.384. The van der Waals surface area contributed by atoms with Crippen molar-refractivity contribution >= 4 is 34.7 Å². The maximum Gasteiger partial charge on any atom is 0.293 e. The molecule has 0 atom stereocenters. The first-order valence-corrected chi connectivity index (χ1v) is 7.81. The van der Waals surface area contributed by atoms with E-state index in [0.717, 1.165) is 16.7 Å². The number of hydrogen-bond donors (Lipinski definition) is 0. The molecular weight excluding hydrogens is 332 g/mol. The van der Waals surface area contributed by atoms with Gasteiger partial charge in [-0.05, 0) is 36.4 Å². The van der Waals surface area contributed by atoms with E-state index in [9.17, 15) is 19.7 Å². The summed E-state index contributed by atoms with van der Waals surface area (Å²) >= 11 is 0.843. The van der Waals surface area contributed by atoms with Crippen LogP contribution in [0.15, 0.2) is 45.7 Å². The van der Waals surface area contributed by atoms with E-state index in [1.54, 1.807) is 19.1 Å². The molecule has 122 valence electrons. The van der Waals surface area contributed by atoms with Crippen molar-refractivity contribution in [2.45, 2.75) is 13.5 Å². The van der Waals surface area contributed by atoms with Gasteiger partial charge in [-0.2, -0.15) is 0 Å². The Morgan fingerprint density at radius 2 is 1.92 bits per heavy atom. The highest BCUT2D eigenvalue weighted by Gasteiger charge is 2.35. The lowest BCUT2D eigenvalue weighted by Crippen LogP contribution is -2.27.